The van der Waals surface area contributed by atoms with E-state index in [0.717, 1.165) is 50.6 Å². The molecule has 6 heteroatoms. The number of fused-ring (bicyclic) bond motifs is 1. The number of benzene rings is 3. The van der Waals surface area contributed by atoms with Crippen LogP contribution < -0.4 is 20.8 Å². The summed E-state index contributed by atoms with van der Waals surface area (Å²) in [6.45, 7) is 2.51. The molecule has 0 radical (unpaired) electrons. The Labute approximate surface area is 189 Å². The third-order valence-corrected chi connectivity index (χ3v) is 6.00. The predicted octanol–water partition coefficient (Wildman–Crippen LogP) is 5.54. The van der Waals surface area contributed by atoms with E-state index in [0.29, 0.717) is 6.54 Å². The fraction of sp³-hybridized carbons (Fsp3) is 0.0769. The van der Waals surface area contributed by atoms with Gasteiger partial charge in [0.05, 0.1) is 6.54 Å². The normalized spacial score (nSPS) is 12.6. The number of pyridine rings is 1. The van der Waals surface area contributed by atoms with Gasteiger partial charge in [0.1, 0.15) is 0 Å². The summed E-state index contributed by atoms with van der Waals surface area (Å²) in [5.41, 5.74) is 7.48. The summed E-state index contributed by atoms with van der Waals surface area (Å²) in [4.78, 5) is 19.2. The summed E-state index contributed by atoms with van der Waals surface area (Å²) in [7, 11) is 2.74. The van der Waals surface area contributed by atoms with E-state index in [9.17, 15) is 4.79 Å². The lowest BCUT2D eigenvalue weighted by atomic mass is 10.1. The van der Waals surface area contributed by atoms with Gasteiger partial charge in [-0.1, -0.05) is 24.3 Å². The molecule has 2 heterocycles. The largest absolute Gasteiger partial charge is 0.355 e. The van der Waals surface area contributed by atoms with Crippen molar-refractivity contribution in [3.8, 4) is 0 Å². The topological polar surface area (TPSA) is 57.3 Å². The van der Waals surface area contributed by atoms with Crippen molar-refractivity contribution >= 4 is 48.9 Å². The van der Waals surface area contributed by atoms with Gasteiger partial charge in [0.15, 0.2) is 0 Å². The van der Waals surface area contributed by atoms with Crippen LogP contribution in [0, 0.1) is 6.92 Å². The van der Waals surface area contributed by atoms with E-state index in [2.05, 4.69) is 30.9 Å². The van der Waals surface area contributed by atoms with Gasteiger partial charge in [-0.2, -0.15) is 0 Å². The quantitative estimate of drug-likeness (QED) is 0.402. The molecule has 1 aromatic heterocycles. The zero-order valence-electron chi connectivity index (χ0n) is 17.7. The van der Waals surface area contributed by atoms with E-state index >= 15 is 0 Å². The first-order valence-corrected chi connectivity index (χ1v) is 11.0. The molecule has 4 aromatic rings. The van der Waals surface area contributed by atoms with Gasteiger partial charge < -0.3 is 15.5 Å². The minimum Gasteiger partial charge on any atom is -0.355 e. The number of aryl methyl sites for hydroxylation is 1. The molecule has 32 heavy (non-hydrogen) atoms. The molecule has 0 spiro atoms. The van der Waals surface area contributed by atoms with E-state index in [1.807, 2.05) is 84.6 Å². The van der Waals surface area contributed by atoms with Crippen LogP contribution in [0.5, 0.6) is 0 Å². The minimum atomic E-state index is 0.0231. The zero-order valence-corrected chi connectivity index (χ0v) is 18.8. The van der Waals surface area contributed by atoms with Crippen LogP contribution in [-0.4, -0.2) is 10.9 Å². The third-order valence-electron chi connectivity index (χ3n) is 5.49. The second-order valence-electron chi connectivity index (χ2n) is 7.84. The number of anilines is 5. The Morgan fingerprint density at radius 3 is 2.53 bits per heavy atom. The number of nitrogens with one attached hydrogen (secondary N) is 2. The number of rotatable bonds is 5. The van der Waals surface area contributed by atoms with E-state index in [1.54, 1.807) is 6.20 Å². The van der Waals surface area contributed by atoms with Gasteiger partial charge in [0.2, 0.25) is 0 Å². The summed E-state index contributed by atoms with van der Waals surface area (Å²) < 4.78 is 0. The van der Waals surface area contributed by atoms with Gasteiger partial charge in [0, 0.05) is 45.9 Å². The van der Waals surface area contributed by atoms with E-state index < -0.39 is 0 Å². The molecule has 5 nitrogen and oxygen atoms in total. The maximum Gasteiger partial charge on any atom is 0.258 e. The van der Waals surface area contributed by atoms with Crippen molar-refractivity contribution in [1.29, 1.82) is 0 Å². The molecule has 0 aliphatic carbocycles. The second-order valence-corrected chi connectivity index (χ2v) is 8.46. The number of hydrogen-bond donors (Lipinski definition) is 2. The van der Waals surface area contributed by atoms with Crippen LogP contribution in [0.15, 0.2) is 85.1 Å². The molecule has 0 bridgehead atoms. The summed E-state index contributed by atoms with van der Waals surface area (Å²) in [5, 5.41) is 7.93. The van der Waals surface area contributed by atoms with Gasteiger partial charge >= 0.3 is 0 Å². The molecule has 1 unspecified atom stereocenters. The average molecular weight is 438 g/mol. The smallest absolute Gasteiger partial charge is 0.258 e. The second kappa shape index (κ2) is 8.45. The fourth-order valence-corrected chi connectivity index (χ4v) is 4.19. The van der Waals surface area contributed by atoms with Crippen molar-refractivity contribution in [1.82, 2.24) is 4.98 Å². The molecule has 0 saturated carbocycles. The van der Waals surface area contributed by atoms with E-state index in [1.165, 1.54) is 0 Å². The molecular formula is C26H23N4OP. The molecule has 0 saturated heterocycles. The Morgan fingerprint density at radius 1 is 0.875 bits per heavy atom. The van der Waals surface area contributed by atoms with Crippen molar-refractivity contribution in [3.05, 3.63) is 102 Å². The van der Waals surface area contributed by atoms with Gasteiger partial charge in [-0.3, -0.25) is 9.78 Å². The average Bonchev–Trinajstić information content (AvgIpc) is 3.11. The van der Waals surface area contributed by atoms with E-state index in [-0.39, 0.29) is 5.91 Å². The third kappa shape index (κ3) is 4.08. The lowest BCUT2D eigenvalue weighted by Crippen LogP contribution is -2.22. The van der Waals surface area contributed by atoms with Crippen LogP contribution in [0.1, 0.15) is 21.6 Å². The number of para-hydroxylation sites is 1. The van der Waals surface area contributed by atoms with Gasteiger partial charge in [0.25, 0.3) is 5.91 Å². The number of nitrogens with zero attached hydrogens (tertiary/aromatic N) is 2. The lowest BCUT2D eigenvalue weighted by molar-refractivity contribution is 0.0996. The first-order valence-electron chi connectivity index (χ1n) is 10.4. The SMILES string of the molecule is Cc1cc(Nc2ccc3c(c2)CN(c2cccc(Nc4ccccc4P)c2)C3=O)ccn1. The molecule has 0 fully saturated rings. The van der Waals surface area contributed by atoms with Crippen LogP contribution in [0.4, 0.5) is 28.4 Å². The summed E-state index contributed by atoms with van der Waals surface area (Å²) >= 11 is 0. The van der Waals surface area contributed by atoms with Crippen molar-refractivity contribution in [2.45, 2.75) is 13.5 Å². The number of aromatic nitrogens is 1. The number of amides is 1. The Balaban J connectivity index is 1.37. The van der Waals surface area contributed by atoms with Crippen molar-refractivity contribution < 1.29 is 4.79 Å². The predicted molar refractivity (Wildman–Crippen MR) is 135 cm³/mol. The molecule has 158 valence electrons. The maximum absolute atomic E-state index is 13.1. The number of carbonyl (C=O) groups is 1. The monoisotopic (exact) mass is 438 g/mol. The standard InChI is InChI=1S/C26H23N4OP/c1-17-13-21(11-12-27-17)28-20-9-10-23-18(14-20)16-30(26(23)31)22-6-4-5-19(15-22)29-24-7-2-3-8-25(24)32/h2-15,29H,16,32H2,1H3,(H,27,28). The Hall–Kier alpha value is -3.69. The van der Waals surface area contributed by atoms with Crippen LogP contribution in [0.25, 0.3) is 0 Å². The molecule has 5 rings (SSSR count). The van der Waals surface area contributed by atoms with Crippen LogP contribution in [0.3, 0.4) is 0 Å². The fourth-order valence-electron chi connectivity index (χ4n) is 3.91. The summed E-state index contributed by atoms with van der Waals surface area (Å²) in [5.74, 6) is 0.0231. The first kappa shape index (κ1) is 20.2. The zero-order chi connectivity index (χ0) is 22.1. The molecule has 1 amide bonds. The molecule has 1 atom stereocenters. The van der Waals surface area contributed by atoms with Gasteiger partial charge in [-0.15, -0.1) is 9.24 Å². The minimum absolute atomic E-state index is 0.0231. The van der Waals surface area contributed by atoms with Crippen LogP contribution in [-0.2, 0) is 6.54 Å². The highest BCUT2D eigenvalue weighted by Crippen LogP contribution is 2.32. The van der Waals surface area contributed by atoms with Crippen LogP contribution in [0.2, 0.25) is 0 Å². The number of hydrogen-bond acceptors (Lipinski definition) is 4. The first-order chi connectivity index (χ1) is 15.6. The summed E-state index contributed by atoms with van der Waals surface area (Å²) in [6.07, 6.45) is 1.78. The Kier molecular flexibility index (Phi) is 5.34. The highest BCUT2D eigenvalue weighted by atomic mass is 31.0. The highest BCUT2D eigenvalue weighted by molar-refractivity contribution is 7.28. The lowest BCUT2D eigenvalue weighted by Gasteiger charge is -2.17. The molecule has 2 N–H and O–H groups in total. The van der Waals surface area contributed by atoms with Gasteiger partial charge in [-0.05, 0) is 72.4 Å². The molecule has 1 aliphatic heterocycles. The van der Waals surface area contributed by atoms with Gasteiger partial charge in [-0.25, -0.2) is 0 Å². The molecule has 3 aromatic carbocycles. The van der Waals surface area contributed by atoms with Crippen molar-refractivity contribution in [2.75, 3.05) is 15.5 Å². The van der Waals surface area contributed by atoms with E-state index in [4.69, 9.17) is 0 Å². The maximum atomic E-state index is 13.1. The Bertz CT molecular complexity index is 1320. The summed E-state index contributed by atoms with van der Waals surface area (Å²) in [6, 6.07) is 25.9. The number of carbonyl (C=O) groups excluding carboxylic acids is 1. The van der Waals surface area contributed by atoms with Crippen molar-refractivity contribution in [2.24, 2.45) is 0 Å². The molecular weight excluding hydrogens is 415 g/mol. The molecule has 1 aliphatic rings. The van der Waals surface area contributed by atoms with Crippen LogP contribution >= 0.6 is 9.24 Å². The van der Waals surface area contributed by atoms with Crippen molar-refractivity contribution in [3.63, 3.8) is 0 Å². The Morgan fingerprint density at radius 2 is 1.69 bits per heavy atom. The highest BCUT2D eigenvalue weighted by Gasteiger charge is 2.28.